The van der Waals surface area contributed by atoms with Crippen molar-refractivity contribution in [1.29, 1.82) is 0 Å². The minimum atomic E-state index is 0.563. The Kier molecular flexibility index (Phi) is 5.74. The van der Waals surface area contributed by atoms with Gasteiger partial charge in [0.15, 0.2) is 17.5 Å². The fourth-order valence-corrected chi connectivity index (χ4v) is 6.21. The van der Waals surface area contributed by atoms with Crippen LogP contribution in [0, 0.1) is 0 Å². The quantitative estimate of drug-likeness (QED) is 0.195. The van der Waals surface area contributed by atoms with E-state index in [1.165, 1.54) is 0 Å². The third kappa shape index (κ3) is 4.17. The molecule has 3 heterocycles. The molecule has 0 fully saturated rings. The normalized spacial score (nSPS) is 11.6. The average Bonchev–Trinajstić information content (AvgIpc) is 3.51. The molecule has 0 aliphatic carbocycles. The van der Waals surface area contributed by atoms with Crippen molar-refractivity contribution in [3.63, 3.8) is 0 Å². The first-order chi connectivity index (χ1) is 22.3. The topological polar surface area (TPSA) is 64.7 Å². The lowest BCUT2D eigenvalue weighted by Gasteiger charge is -2.10. The zero-order valence-corrected chi connectivity index (χ0v) is 24.1. The van der Waals surface area contributed by atoms with Gasteiger partial charge >= 0.3 is 0 Å². The van der Waals surface area contributed by atoms with Crippen molar-refractivity contribution in [2.24, 2.45) is 0 Å². The Morgan fingerprint density at radius 2 is 0.889 bits per heavy atom. The van der Waals surface area contributed by atoms with Crippen LogP contribution in [0.3, 0.4) is 0 Å². The number of para-hydroxylation sites is 2. The number of hydrogen-bond acceptors (Lipinski definition) is 5. The summed E-state index contributed by atoms with van der Waals surface area (Å²) in [5.74, 6) is 1.79. The van der Waals surface area contributed by atoms with Crippen LogP contribution < -0.4 is 0 Å². The lowest BCUT2D eigenvalue weighted by Crippen LogP contribution is -2.00. The van der Waals surface area contributed by atoms with Crippen molar-refractivity contribution < 1.29 is 4.42 Å². The summed E-state index contributed by atoms with van der Waals surface area (Å²) in [6.07, 6.45) is 0. The van der Waals surface area contributed by atoms with Gasteiger partial charge in [0.05, 0.1) is 16.8 Å². The van der Waals surface area contributed by atoms with Crippen LogP contribution in [-0.4, -0.2) is 19.9 Å². The highest BCUT2D eigenvalue weighted by molar-refractivity contribution is 6.25. The summed E-state index contributed by atoms with van der Waals surface area (Å²) < 4.78 is 6.91. The van der Waals surface area contributed by atoms with Gasteiger partial charge < -0.3 is 4.42 Å². The molecule has 45 heavy (non-hydrogen) atoms. The highest BCUT2D eigenvalue weighted by atomic mass is 16.3. The predicted octanol–water partition coefficient (Wildman–Crippen LogP) is 10.1. The lowest BCUT2D eigenvalue weighted by atomic mass is 9.97. The number of furan rings is 1. The van der Waals surface area contributed by atoms with Crippen LogP contribution in [0.25, 0.3) is 89.0 Å². The van der Waals surface area contributed by atoms with E-state index in [-0.39, 0.29) is 0 Å². The number of fused-ring (bicyclic) bond motifs is 7. The van der Waals surface area contributed by atoms with Crippen LogP contribution in [0.15, 0.2) is 150 Å². The molecule has 9 aromatic rings. The molecule has 0 amide bonds. The fourth-order valence-electron chi connectivity index (χ4n) is 6.21. The van der Waals surface area contributed by atoms with Crippen LogP contribution >= 0.6 is 0 Å². The molecule has 0 saturated heterocycles. The number of benzene rings is 6. The molecule has 0 atom stereocenters. The molecule has 0 spiro atoms. The smallest absolute Gasteiger partial charge is 0.167 e. The molecule has 5 nitrogen and oxygen atoms in total. The zero-order valence-electron chi connectivity index (χ0n) is 24.1. The van der Waals surface area contributed by atoms with Gasteiger partial charge in [0.25, 0.3) is 0 Å². The molecule has 9 rings (SSSR count). The minimum absolute atomic E-state index is 0.563. The van der Waals surface area contributed by atoms with Gasteiger partial charge in [0, 0.05) is 43.6 Å². The maximum Gasteiger partial charge on any atom is 0.167 e. The summed E-state index contributed by atoms with van der Waals surface area (Å²) in [6.45, 7) is 0. The van der Waals surface area contributed by atoms with E-state index in [1.54, 1.807) is 0 Å². The predicted molar refractivity (Wildman–Crippen MR) is 182 cm³/mol. The van der Waals surface area contributed by atoms with Crippen LogP contribution in [-0.2, 0) is 0 Å². The van der Waals surface area contributed by atoms with Crippen molar-refractivity contribution in [3.8, 4) is 45.4 Å². The SMILES string of the molecule is c1ccc(-c2nc(-c3ccccc3)nc(-c3cccc4c3oc3c4ccc4c(-c5ccccc5)nc5ccccc5c43)n2)cc1. The van der Waals surface area contributed by atoms with Crippen molar-refractivity contribution in [2.45, 2.75) is 0 Å². The van der Waals surface area contributed by atoms with E-state index < -0.39 is 0 Å². The lowest BCUT2D eigenvalue weighted by molar-refractivity contribution is 0.673. The number of nitrogens with zero attached hydrogens (tertiary/aromatic N) is 4. The van der Waals surface area contributed by atoms with Crippen molar-refractivity contribution >= 4 is 43.6 Å². The monoisotopic (exact) mass is 576 g/mol. The Morgan fingerprint density at radius 1 is 0.356 bits per heavy atom. The molecule has 0 radical (unpaired) electrons. The second-order valence-corrected chi connectivity index (χ2v) is 11.0. The summed E-state index contributed by atoms with van der Waals surface area (Å²) in [5, 5.41) is 5.19. The number of rotatable bonds is 4. The molecule has 0 N–H and O–H groups in total. The van der Waals surface area contributed by atoms with E-state index in [0.29, 0.717) is 17.5 Å². The Hall–Kier alpha value is -6.20. The van der Waals surface area contributed by atoms with Crippen molar-refractivity contribution in [1.82, 2.24) is 19.9 Å². The largest absolute Gasteiger partial charge is 0.455 e. The number of hydrogen-bond donors (Lipinski definition) is 0. The summed E-state index contributed by atoms with van der Waals surface area (Å²) in [4.78, 5) is 20.0. The summed E-state index contributed by atoms with van der Waals surface area (Å²) in [6, 6.07) is 49.1. The first-order valence-electron chi connectivity index (χ1n) is 14.9. The first kappa shape index (κ1) is 25.3. The number of pyridine rings is 1. The van der Waals surface area contributed by atoms with Crippen molar-refractivity contribution in [3.05, 3.63) is 146 Å². The highest BCUT2D eigenvalue weighted by Gasteiger charge is 2.21. The fraction of sp³-hybridized carbons (Fsp3) is 0. The minimum Gasteiger partial charge on any atom is -0.455 e. The molecule has 210 valence electrons. The Labute approximate surface area is 258 Å². The molecule has 5 heteroatoms. The summed E-state index contributed by atoms with van der Waals surface area (Å²) in [5.41, 5.74) is 7.16. The van der Waals surface area contributed by atoms with Crippen LogP contribution in [0.1, 0.15) is 0 Å². The average molecular weight is 577 g/mol. The van der Waals surface area contributed by atoms with E-state index in [4.69, 9.17) is 24.4 Å². The van der Waals surface area contributed by atoms with Crippen LogP contribution in [0.5, 0.6) is 0 Å². The van der Waals surface area contributed by atoms with E-state index >= 15 is 0 Å². The molecule has 0 unspecified atom stereocenters. The molecule has 0 bridgehead atoms. The highest BCUT2D eigenvalue weighted by Crippen LogP contribution is 2.42. The Bertz CT molecular complexity index is 2470. The molecule has 0 aliphatic heterocycles. The van der Waals surface area contributed by atoms with Crippen LogP contribution in [0.4, 0.5) is 0 Å². The van der Waals surface area contributed by atoms with E-state index in [1.807, 2.05) is 97.1 Å². The van der Waals surface area contributed by atoms with Gasteiger partial charge in [0.2, 0.25) is 0 Å². The van der Waals surface area contributed by atoms with Gasteiger partial charge in [-0.25, -0.2) is 19.9 Å². The van der Waals surface area contributed by atoms with Gasteiger partial charge in [-0.1, -0.05) is 127 Å². The maximum absolute atomic E-state index is 6.91. The first-order valence-corrected chi connectivity index (χ1v) is 14.9. The Balaban J connectivity index is 1.35. The second-order valence-electron chi connectivity index (χ2n) is 11.0. The molecule has 0 saturated carbocycles. The second kappa shape index (κ2) is 10.2. The van der Waals surface area contributed by atoms with Gasteiger partial charge in [-0.05, 0) is 18.2 Å². The zero-order chi connectivity index (χ0) is 29.7. The van der Waals surface area contributed by atoms with E-state index in [2.05, 4.69) is 48.5 Å². The molecule has 3 aromatic heterocycles. The standard InChI is InChI=1S/C40H24N4O/c1-4-13-25(14-5-1)35-31-24-23-29-28-20-12-21-32(36(28)45-37(29)34(31)30-19-10-11-22-33(30)41-35)40-43-38(26-15-6-2-7-16-26)42-39(44-40)27-17-8-3-9-18-27/h1-24H. The third-order valence-electron chi connectivity index (χ3n) is 8.32. The van der Waals surface area contributed by atoms with Gasteiger partial charge in [0.1, 0.15) is 11.2 Å². The molecule has 6 aromatic carbocycles. The van der Waals surface area contributed by atoms with Gasteiger partial charge in [-0.3, -0.25) is 0 Å². The Morgan fingerprint density at radius 3 is 1.58 bits per heavy atom. The van der Waals surface area contributed by atoms with Crippen molar-refractivity contribution in [2.75, 3.05) is 0 Å². The van der Waals surface area contributed by atoms with Crippen LogP contribution in [0.2, 0.25) is 0 Å². The molecular weight excluding hydrogens is 552 g/mol. The summed E-state index contributed by atoms with van der Waals surface area (Å²) >= 11 is 0. The number of aromatic nitrogens is 4. The molecular formula is C40H24N4O. The maximum atomic E-state index is 6.91. The van der Waals surface area contributed by atoms with Gasteiger partial charge in [-0.2, -0.15) is 0 Å². The third-order valence-corrected chi connectivity index (χ3v) is 8.32. The van der Waals surface area contributed by atoms with Gasteiger partial charge in [-0.15, -0.1) is 0 Å². The molecule has 0 aliphatic rings. The summed E-state index contributed by atoms with van der Waals surface area (Å²) in [7, 11) is 0. The van der Waals surface area contributed by atoms with E-state index in [9.17, 15) is 0 Å². The van der Waals surface area contributed by atoms with E-state index in [0.717, 1.165) is 71.6 Å².